The number of halogens is 1. The molecular formula is C21H19ClN4OS. The number of carbonyl (C=O) groups is 1. The van der Waals surface area contributed by atoms with E-state index in [0.717, 1.165) is 33.5 Å². The van der Waals surface area contributed by atoms with Crippen LogP contribution in [-0.4, -0.2) is 30.8 Å². The van der Waals surface area contributed by atoms with Crippen LogP contribution in [-0.2, 0) is 7.05 Å². The fourth-order valence-electron chi connectivity index (χ4n) is 3.28. The molecule has 0 bridgehead atoms. The molecule has 1 N–H and O–H groups in total. The molecule has 0 saturated carbocycles. The Morgan fingerprint density at radius 1 is 1.14 bits per heavy atom. The molecule has 7 heteroatoms. The Bertz CT molecular complexity index is 1160. The number of H-pyrrole nitrogens is 1. The third-order valence-electron chi connectivity index (χ3n) is 4.73. The van der Waals surface area contributed by atoms with E-state index in [1.165, 1.54) is 11.8 Å². The topological polar surface area (TPSA) is 63.6 Å². The Hall–Kier alpha value is -2.57. The molecular weight excluding hydrogens is 392 g/mol. The molecule has 0 spiro atoms. The largest absolute Gasteiger partial charge is 0.358 e. The first kappa shape index (κ1) is 18.8. The second-order valence-corrected chi connectivity index (χ2v) is 8.41. The van der Waals surface area contributed by atoms with Gasteiger partial charge in [0.1, 0.15) is 0 Å². The van der Waals surface area contributed by atoms with Gasteiger partial charge in [-0.15, -0.1) is 10.2 Å². The van der Waals surface area contributed by atoms with Crippen molar-refractivity contribution in [2.24, 2.45) is 7.05 Å². The van der Waals surface area contributed by atoms with Gasteiger partial charge in [0, 0.05) is 39.8 Å². The van der Waals surface area contributed by atoms with Gasteiger partial charge in [-0.25, -0.2) is 0 Å². The first-order valence-electron chi connectivity index (χ1n) is 8.89. The minimum absolute atomic E-state index is 0.0796. The molecule has 0 aliphatic heterocycles. The summed E-state index contributed by atoms with van der Waals surface area (Å²) in [4.78, 5) is 16.5. The van der Waals surface area contributed by atoms with E-state index >= 15 is 0 Å². The number of nitrogens with one attached hydrogen (secondary N) is 1. The van der Waals surface area contributed by atoms with Gasteiger partial charge >= 0.3 is 0 Å². The molecule has 5 nitrogen and oxygen atoms in total. The van der Waals surface area contributed by atoms with Gasteiger partial charge in [0.2, 0.25) is 0 Å². The van der Waals surface area contributed by atoms with E-state index in [2.05, 4.69) is 15.2 Å². The molecule has 142 valence electrons. The van der Waals surface area contributed by atoms with Gasteiger partial charge < -0.3 is 9.55 Å². The number of carbonyl (C=O) groups excluding carboxylic acids is 1. The molecule has 2 aromatic carbocycles. The molecule has 2 heterocycles. The molecule has 1 atom stereocenters. The highest BCUT2D eigenvalue weighted by Crippen LogP contribution is 2.30. The van der Waals surface area contributed by atoms with E-state index in [0.29, 0.717) is 10.2 Å². The number of hydrogen-bond acceptors (Lipinski definition) is 4. The lowest BCUT2D eigenvalue weighted by Crippen LogP contribution is -2.15. The van der Waals surface area contributed by atoms with Gasteiger partial charge in [0.05, 0.1) is 5.25 Å². The highest BCUT2D eigenvalue weighted by atomic mass is 35.5. The number of aryl methyl sites for hydroxylation is 1. The van der Waals surface area contributed by atoms with Gasteiger partial charge in [-0.1, -0.05) is 41.6 Å². The molecule has 1 unspecified atom stereocenters. The van der Waals surface area contributed by atoms with Gasteiger partial charge in [0.15, 0.2) is 16.8 Å². The summed E-state index contributed by atoms with van der Waals surface area (Å²) in [6.07, 6.45) is 0. The van der Waals surface area contributed by atoms with Crippen LogP contribution in [0.3, 0.4) is 0 Å². The Labute approximate surface area is 172 Å². The Balaban J connectivity index is 1.60. The van der Waals surface area contributed by atoms with Crippen LogP contribution in [0.4, 0.5) is 0 Å². The normalized spacial score (nSPS) is 12.4. The molecule has 0 fully saturated rings. The minimum Gasteiger partial charge on any atom is -0.358 e. The van der Waals surface area contributed by atoms with Gasteiger partial charge in [-0.3, -0.25) is 4.79 Å². The summed E-state index contributed by atoms with van der Waals surface area (Å²) < 4.78 is 1.90. The monoisotopic (exact) mass is 410 g/mol. The van der Waals surface area contributed by atoms with Crippen molar-refractivity contribution in [2.45, 2.75) is 24.3 Å². The number of Topliss-reactive ketones (excluding diaryl/α,β-unsaturated/α-hetero) is 1. The molecule has 0 radical (unpaired) electrons. The fraction of sp³-hybridized carbons (Fsp3) is 0.190. The predicted molar refractivity (Wildman–Crippen MR) is 114 cm³/mol. The number of para-hydroxylation sites is 1. The summed E-state index contributed by atoms with van der Waals surface area (Å²) >= 11 is 7.38. The Kier molecular flexibility index (Phi) is 5.00. The van der Waals surface area contributed by atoms with Crippen molar-refractivity contribution in [1.29, 1.82) is 0 Å². The van der Waals surface area contributed by atoms with Gasteiger partial charge in [-0.05, 0) is 44.2 Å². The maximum absolute atomic E-state index is 13.2. The Morgan fingerprint density at radius 2 is 1.86 bits per heavy atom. The second kappa shape index (κ2) is 7.45. The lowest BCUT2D eigenvalue weighted by molar-refractivity contribution is 0.0995. The zero-order chi connectivity index (χ0) is 19.8. The van der Waals surface area contributed by atoms with Crippen molar-refractivity contribution in [1.82, 2.24) is 19.7 Å². The van der Waals surface area contributed by atoms with Crippen LogP contribution in [0.15, 0.2) is 53.7 Å². The zero-order valence-corrected chi connectivity index (χ0v) is 17.3. The molecule has 2 aromatic heterocycles. The maximum Gasteiger partial charge on any atom is 0.191 e. The van der Waals surface area contributed by atoms with Crippen LogP contribution in [0.5, 0.6) is 0 Å². The van der Waals surface area contributed by atoms with E-state index in [9.17, 15) is 4.79 Å². The van der Waals surface area contributed by atoms with E-state index < -0.39 is 0 Å². The van der Waals surface area contributed by atoms with Crippen molar-refractivity contribution in [3.63, 3.8) is 0 Å². The summed E-state index contributed by atoms with van der Waals surface area (Å²) in [5.74, 6) is 0.818. The molecule has 0 aliphatic carbocycles. The molecule has 4 aromatic rings. The lowest BCUT2D eigenvalue weighted by Gasteiger charge is -2.10. The average Bonchev–Trinajstić information content (AvgIpc) is 3.21. The lowest BCUT2D eigenvalue weighted by atomic mass is 10.1. The minimum atomic E-state index is -0.293. The van der Waals surface area contributed by atoms with E-state index in [1.54, 1.807) is 0 Å². The quantitative estimate of drug-likeness (QED) is 0.358. The van der Waals surface area contributed by atoms with Crippen LogP contribution in [0.25, 0.3) is 22.3 Å². The number of aromatic amines is 1. The van der Waals surface area contributed by atoms with Crippen LogP contribution in [0.2, 0.25) is 5.02 Å². The van der Waals surface area contributed by atoms with Crippen molar-refractivity contribution in [3.05, 3.63) is 64.8 Å². The number of aromatic nitrogens is 4. The number of ketones is 1. The standard InChI is InChI=1S/C21H19ClN4OS/c1-12-18(16-6-4-5-7-17(16)23-12)19(27)13(2)28-21-25-24-20(26(21)3)14-8-10-15(22)11-9-14/h4-11,13,23H,1-3H3. The van der Waals surface area contributed by atoms with Crippen molar-refractivity contribution in [3.8, 4) is 11.4 Å². The summed E-state index contributed by atoms with van der Waals surface area (Å²) in [5.41, 5.74) is 3.54. The molecule has 4 rings (SSSR count). The van der Waals surface area contributed by atoms with Crippen molar-refractivity contribution in [2.75, 3.05) is 0 Å². The van der Waals surface area contributed by atoms with Crippen LogP contribution < -0.4 is 0 Å². The first-order chi connectivity index (χ1) is 13.5. The Morgan fingerprint density at radius 3 is 2.61 bits per heavy atom. The van der Waals surface area contributed by atoms with Gasteiger partial charge in [0.25, 0.3) is 0 Å². The average molecular weight is 411 g/mol. The summed E-state index contributed by atoms with van der Waals surface area (Å²) in [7, 11) is 1.90. The molecule has 28 heavy (non-hydrogen) atoms. The van der Waals surface area contributed by atoms with E-state index in [-0.39, 0.29) is 11.0 Å². The predicted octanol–water partition coefficient (Wildman–Crippen LogP) is 5.29. The number of hydrogen-bond donors (Lipinski definition) is 1. The summed E-state index contributed by atoms with van der Waals surface area (Å²) in [6.45, 7) is 3.84. The third-order valence-corrected chi connectivity index (χ3v) is 6.11. The summed E-state index contributed by atoms with van der Waals surface area (Å²) in [5, 5.41) is 10.6. The smallest absolute Gasteiger partial charge is 0.191 e. The maximum atomic E-state index is 13.2. The molecule has 0 saturated heterocycles. The number of thioether (sulfide) groups is 1. The highest BCUT2D eigenvalue weighted by molar-refractivity contribution is 8.00. The summed E-state index contributed by atoms with van der Waals surface area (Å²) in [6, 6.07) is 15.3. The van der Waals surface area contributed by atoms with Gasteiger partial charge in [-0.2, -0.15) is 0 Å². The second-order valence-electron chi connectivity index (χ2n) is 6.67. The third kappa shape index (κ3) is 3.34. The number of benzene rings is 2. The van der Waals surface area contributed by atoms with Crippen LogP contribution >= 0.6 is 23.4 Å². The van der Waals surface area contributed by atoms with Crippen LogP contribution in [0, 0.1) is 6.92 Å². The van der Waals surface area contributed by atoms with E-state index in [4.69, 9.17) is 11.6 Å². The number of fused-ring (bicyclic) bond motifs is 1. The first-order valence-corrected chi connectivity index (χ1v) is 10.1. The zero-order valence-electron chi connectivity index (χ0n) is 15.7. The van der Waals surface area contributed by atoms with Crippen molar-refractivity contribution < 1.29 is 4.79 Å². The number of nitrogens with zero attached hydrogens (tertiary/aromatic N) is 3. The van der Waals surface area contributed by atoms with E-state index in [1.807, 2.05) is 74.0 Å². The van der Waals surface area contributed by atoms with Crippen LogP contribution in [0.1, 0.15) is 23.0 Å². The van der Waals surface area contributed by atoms with Crippen molar-refractivity contribution >= 4 is 40.0 Å². The molecule has 0 amide bonds. The molecule has 0 aliphatic rings. The fourth-order valence-corrected chi connectivity index (χ4v) is 4.28. The highest BCUT2D eigenvalue weighted by Gasteiger charge is 2.24. The SMILES string of the molecule is Cc1[nH]c2ccccc2c1C(=O)C(C)Sc1nnc(-c2ccc(Cl)cc2)n1C. The number of rotatable bonds is 5.